The van der Waals surface area contributed by atoms with Crippen LogP contribution in [0.4, 0.5) is 0 Å². The standard InChI is InChI=1S/C16H15ClO2S/c1-19-14-7-6-10(17)8-12(14)16(18)13-9-20-15-5-3-2-4-11(13)15/h2-8,13,16,18H,9H2,1H3. The number of fused-ring (bicyclic) bond motifs is 1. The lowest BCUT2D eigenvalue weighted by atomic mass is 9.90. The topological polar surface area (TPSA) is 29.5 Å². The molecule has 1 aliphatic heterocycles. The number of aliphatic hydroxyl groups excluding tert-OH is 1. The molecule has 4 heteroatoms. The van der Waals surface area contributed by atoms with Crippen molar-refractivity contribution in [3.05, 3.63) is 58.6 Å². The molecule has 104 valence electrons. The summed E-state index contributed by atoms with van der Waals surface area (Å²) in [5.74, 6) is 1.62. The molecule has 2 aromatic rings. The first-order valence-electron chi connectivity index (χ1n) is 6.44. The molecule has 0 bridgehead atoms. The fourth-order valence-corrected chi connectivity index (χ4v) is 4.06. The highest BCUT2D eigenvalue weighted by Crippen LogP contribution is 2.47. The van der Waals surface area contributed by atoms with E-state index in [4.69, 9.17) is 16.3 Å². The number of hydrogen-bond acceptors (Lipinski definition) is 3. The lowest BCUT2D eigenvalue weighted by Gasteiger charge is -2.21. The molecule has 0 fully saturated rings. The van der Waals surface area contributed by atoms with E-state index < -0.39 is 6.10 Å². The van der Waals surface area contributed by atoms with Crippen molar-refractivity contribution in [3.8, 4) is 5.75 Å². The lowest BCUT2D eigenvalue weighted by Crippen LogP contribution is -2.11. The van der Waals surface area contributed by atoms with E-state index in [0.29, 0.717) is 10.8 Å². The smallest absolute Gasteiger partial charge is 0.124 e. The van der Waals surface area contributed by atoms with Crippen molar-refractivity contribution < 1.29 is 9.84 Å². The van der Waals surface area contributed by atoms with E-state index in [0.717, 1.165) is 11.3 Å². The monoisotopic (exact) mass is 306 g/mol. The zero-order valence-corrected chi connectivity index (χ0v) is 12.6. The van der Waals surface area contributed by atoms with E-state index in [1.165, 1.54) is 10.5 Å². The van der Waals surface area contributed by atoms with Gasteiger partial charge in [-0.05, 0) is 29.8 Å². The van der Waals surface area contributed by atoms with Gasteiger partial charge in [-0.25, -0.2) is 0 Å². The third-order valence-electron chi connectivity index (χ3n) is 3.63. The molecule has 0 aliphatic carbocycles. The molecule has 1 heterocycles. The van der Waals surface area contributed by atoms with E-state index in [1.807, 2.05) is 12.1 Å². The molecular weight excluding hydrogens is 292 g/mol. The van der Waals surface area contributed by atoms with Crippen LogP contribution in [0.2, 0.25) is 5.02 Å². The number of aliphatic hydroxyl groups is 1. The Kier molecular flexibility index (Phi) is 3.92. The van der Waals surface area contributed by atoms with Crippen LogP contribution in [0.15, 0.2) is 47.4 Å². The van der Waals surface area contributed by atoms with Crippen LogP contribution in [0, 0.1) is 0 Å². The molecule has 2 unspecified atom stereocenters. The summed E-state index contributed by atoms with van der Waals surface area (Å²) < 4.78 is 5.34. The summed E-state index contributed by atoms with van der Waals surface area (Å²) >= 11 is 7.84. The van der Waals surface area contributed by atoms with Gasteiger partial charge in [0.1, 0.15) is 5.75 Å². The SMILES string of the molecule is COc1ccc(Cl)cc1C(O)C1CSc2ccccc21. The van der Waals surface area contributed by atoms with Gasteiger partial charge in [-0.15, -0.1) is 11.8 Å². The molecule has 0 amide bonds. The van der Waals surface area contributed by atoms with Gasteiger partial charge < -0.3 is 9.84 Å². The van der Waals surface area contributed by atoms with Crippen molar-refractivity contribution in [1.29, 1.82) is 0 Å². The Morgan fingerprint density at radius 1 is 1.30 bits per heavy atom. The Hall–Kier alpha value is -1.16. The molecule has 0 aromatic heterocycles. The Balaban J connectivity index is 1.98. The number of ether oxygens (including phenoxy) is 1. The number of methoxy groups -OCH3 is 1. The minimum atomic E-state index is -0.611. The predicted octanol–water partition coefficient (Wildman–Crippen LogP) is 4.27. The van der Waals surface area contributed by atoms with E-state index in [1.54, 1.807) is 37.1 Å². The molecule has 2 nitrogen and oxygen atoms in total. The van der Waals surface area contributed by atoms with Gasteiger partial charge >= 0.3 is 0 Å². The third-order valence-corrected chi connectivity index (χ3v) is 5.07. The fraction of sp³-hybridized carbons (Fsp3) is 0.250. The molecule has 0 radical (unpaired) electrons. The first-order chi connectivity index (χ1) is 9.70. The maximum absolute atomic E-state index is 10.8. The summed E-state index contributed by atoms with van der Waals surface area (Å²) in [6.45, 7) is 0. The normalized spacial score (nSPS) is 18.6. The third kappa shape index (κ3) is 2.41. The summed E-state index contributed by atoms with van der Waals surface area (Å²) in [4.78, 5) is 1.25. The van der Waals surface area contributed by atoms with Gasteiger partial charge in [0, 0.05) is 27.2 Å². The molecule has 0 saturated carbocycles. The summed E-state index contributed by atoms with van der Waals surface area (Å²) in [7, 11) is 1.61. The van der Waals surface area contributed by atoms with Crippen molar-refractivity contribution >= 4 is 23.4 Å². The first kappa shape index (κ1) is 13.8. The van der Waals surface area contributed by atoms with Gasteiger partial charge in [0.15, 0.2) is 0 Å². The Labute approximate surface area is 127 Å². The number of hydrogen-bond donors (Lipinski definition) is 1. The van der Waals surface area contributed by atoms with E-state index in [-0.39, 0.29) is 5.92 Å². The van der Waals surface area contributed by atoms with Crippen LogP contribution < -0.4 is 4.74 Å². The van der Waals surface area contributed by atoms with E-state index in [2.05, 4.69) is 12.1 Å². The Bertz CT molecular complexity index is 630. The van der Waals surface area contributed by atoms with Gasteiger partial charge in [0.05, 0.1) is 13.2 Å². The summed E-state index contributed by atoms with van der Waals surface area (Å²) in [6, 6.07) is 13.6. The van der Waals surface area contributed by atoms with Crippen LogP contribution in [-0.4, -0.2) is 18.0 Å². The zero-order valence-electron chi connectivity index (χ0n) is 11.0. The molecule has 0 spiro atoms. The highest BCUT2D eigenvalue weighted by atomic mass is 35.5. The molecule has 2 atom stereocenters. The first-order valence-corrected chi connectivity index (χ1v) is 7.80. The number of benzene rings is 2. The number of halogens is 1. The lowest BCUT2D eigenvalue weighted by molar-refractivity contribution is 0.150. The van der Waals surface area contributed by atoms with Gasteiger partial charge in [-0.2, -0.15) is 0 Å². The fourth-order valence-electron chi connectivity index (χ4n) is 2.60. The molecular formula is C16H15ClO2S. The Morgan fingerprint density at radius 3 is 2.90 bits per heavy atom. The van der Waals surface area contributed by atoms with Gasteiger partial charge in [0.2, 0.25) is 0 Å². The summed E-state index contributed by atoms with van der Waals surface area (Å²) in [5, 5.41) is 11.4. The molecule has 2 aromatic carbocycles. The van der Waals surface area contributed by atoms with Crippen LogP contribution in [-0.2, 0) is 0 Å². The highest BCUT2D eigenvalue weighted by molar-refractivity contribution is 7.99. The van der Waals surface area contributed by atoms with E-state index >= 15 is 0 Å². The second-order valence-electron chi connectivity index (χ2n) is 4.79. The maximum Gasteiger partial charge on any atom is 0.124 e. The van der Waals surface area contributed by atoms with Gasteiger partial charge in [-0.1, -0.05) is 29.8 Å². The van der Waals surface area contributed by atoms with Crippen LogP contribution in [0.5, 0.6) is 5.75 Å². The molecule has 1 aliphatic rings. The highest BCUT2D eigenvalue weighted by Gasteiger charge is 2.31. The summed E-state index contributed by atoms with van der Waals surface area (Å²) in [5.41, 5.74) is 1.95. The van der Waals surface area contributed by atoms with Crippen molar-refractivity contribution in [2.24, 2.45) is 0 Å². The minimum absolute atomic E-state index is 0.0727. The minimum Gasteiger partial charge on any atom is -0.496 e. The van der Waals surface area contributed by atoms with Crippen LogP contribution in [0.3, 0.4) is 0 Å². The largest absolute Gasteiger partial charge is 0.496 e. The molecule has 20 heavy (non-hydrogen) atoms. The summed E-state index contributed by atoms with van der Waals surface area (Å²) in [6.07, 6.45) is -0.611. The number of rotatable bonds is 3. The van der Waals surface area contributed by atoms with Crippen molar-refractivity contribution in [2.75, 3.05) is 12.9 Å². The average Bonchev–Trinajstić information content (AvgIpc) is 2.90. The van der Waals surface area contributed by atoms with E-state index in [9.17, 15) is 5.11 Å². The van der Waals surface area contributed by atoms with Crippen molar-refractivity contribution in [2.45, 2.75) is 16.9 Å². The van der Waals surface area contributed by atoms with Crippen LogP contribution in [0.25, 0.3) is 0 Å². The zero-order chi connectivity index (χ0) is 14.1. The average molecular weight is 307 g/mol. The second kappa shape index (κ2) is 5.68. The Morgan fingerprint density at radius 2 is 2.10 bits per heavy atom. The predicted molar refractivity (Wildman–Crippen MR) is 82.9 cm³/mol. The molecule has 1 N–H and O–H groups in total. The number of thioether (sulfide) groups is 1. The van der Waals surface area contributed by atoms with Crippen LogP contribution in [0.1, 0.15) is 23.1 Å². The maximum atomic E-state index is 10.8. The quantitative estimate of drug-likeness (QED) is 0.918. The van der Waals surface area contributed by atoms with Crippen molar-refractivity contribution in [3.63, 3.8) is 0 Å². The second-order valence-corrected chi connectivity index (χ2v) is 6.28. The molecule has 0 saturated heterocycles. The van der Waals surface area contributed by atoms with Crippen LogP contribution >= 0.6 is 23.4 Å². The van der Waals surface area contributed by atoms with Gasteiger partial charge in [0.25, 0.3) is 0 Å². The molecule has 3 rings (SSSR count). The van der Waals surface area contributed by atoms with Crippen molar-refractivity contribution in [1.82, 2.24) is 0 Å². The van der Waals surface area contributed by atoms with Gasteiger partial charge in [-0.3, -0.25) is 0 Å².